The fourth-order valence-corrected chi connectivity index (χ4v) is 2.03. The second-order valence-electron chi connectivity index (χ2n) is 4.44. The molecule has 0 aliphatic carbocycles. The van der Waals surface area contributed by atoms with E-state index in [0.29, 0.717) is 31.6 Å². The van der Waals surface area contributed by atoms with Crippen molar-refractivity contribution < 1.29 is 19.1 Å². The Morgan fingerprint density at radius 2 is 1.70 bits per heavy atom. The van der Waals surface area contributed by atoms with E-state index in [-0.39, 0.29) is 17.9 Å². The molecule has 0 N–H and O–H groups in total. The molecule has 1 unspecified atom stereocenters. The number of hydrogen-bond acceptors (Lipinski definition) is 4. The summed E-state index contributed by atoms with van der Waals surface area (Å²) in [6.07, 6.45) is 1.17. The van der Waals surface area contributed by atoms with Gasteiger partial charge in [-0.15, -0.1) is 0 Å². The van der Waals surface area contributed by atoms with E-state index in [0.717, 1.165) is 5.56 Å². The third-order valence-corrected chi connectivity index (χ3v) is 3.09. The molecule has 110 valence electrons. The van der Waals surface area contributed by atoms with Crippen LogP contribution < -0.4 is 0 Å². The molecule has 0 fully saturated rings. The lowest BCUT2D eigenvalue weighted by Gasteiger charge is -2.15. The highest BCUT2D eigenvalue weighted by atomic mass is 16.5. The van der Waals surface area contributed by atoms with Crippen LogP contribution >= 0.6 is 0 Å². The van der Waals surface area contributed by atoms with Crippen molar-refractivity contribution in [1.29, 1.82) is 0 Å². The van der Waals surface area contributed by atoms with Crippen molar-refractivity contribution in [2.45, 2.75) is 33.6 Å². The summed E-state index contributed by atoms with van der Waals surface area (Å²) in [5, 5.41) is 0. The minimum atomic E-state index is -0.346. The second kappa shape index (κ2) is 8.35. The van der Waals surface area contributed by atoms with Gasteiger partial charge in [0.2, 0.25) is 0 Å². The number of rotatable bonds is 7. The monoisotopic (exact) mass is 278 g/mol. The van der Waals surface area contributed by atoms with Crippen LogP contribution in [0.3, 0.4) is 0 Å². The van der Waals surface area contributed by atoms with Crippen molar-refractivity contribution in [2.24, 2.45) is 5.92 Å². The highest BCUT2D eigenvalue weighted by molar-refractivity contribution is 5.91. The molecule has 1 aromatic carbocycles. The van der Waals surface area contributed by atoms with Gasteiger partial charge in [0.25, 0.3) is 0 Å². The minimum absolute atomic E-state index is 0.214. The molecule has 0 amide bonds. The molecular weight excluding hydrogens is 256 g/mol. The molecule has 20 heavy (non-hydrogen) atoms. The summed E-state index contributed by atoms with van der Waals surface area (Å²) in [6, 6.07) is 7.23. The molecule has 0 saturated heterocycles. The number of benzene rings is 1. The van der Waals surface area contributed by atoms with Gasteiger partial charge in [-0.2, -0.15) is 0 Å². The molecule has 1 atom stereocenters. The first kappa shape index (κ1) is 16.2. The van der Waals surface area contributed by atoms with Crippen LogP contribution in [0.25, 0.3) is 0 Å². The minimum Gasteiger partial charge on any atom is -0.466 e. The van der Waals surface area contributed by atoms with Gasteiger partial charge in [-0.3, -0.25) is 4.79 Å². The Labute approximate surface area is 120 Å². The van der Waals surface area contributed by atoms with Crippen LogP contribution in [0.1, 0.15) is 43.1 Å². The van der Waals surface area contributed by atoms with Crippen molar-refractivity contribution in [3.05, 3.63) is 35.4 Å². The Morgan fingerprint density at radius 1 is 1.05 bits per heavy atom. The lowest BCUT2D eigenvalue weighted by Crippen LogP contribution is -2.20. The van der Waals surface area contributed by atoms with E-state index in [1.54, 1.807) is 26.0 Å². The van der Waals surface area contributed by atoms with Crippen LogP contribution in [0.5, 0.6) is 0 Å². The molecule has 0 heterocycles. The van der Waals surface area contributed by atoms with Crippen LogP contribution in [0.15, 0.2) is 24.3 Å². The standard InChI is InChI=1S/C16H22O4/c1-4-12(15(17)19-5-2)11-13-9-7-8-10-14(13)16(18)20-6-3/h7-10,12H,4-6,11H2,1-3H3. The lowest BCUT2D eigenvalue weighted by molar-refractivity contribution is -0.148. The Kier molecular flexibility index (Phi) is 6.77. The summed E-state index contributed by atoms with van der Waals surface area (Å²) < 4.78 is 10.1. The first-order valence-corrected chi connectivity index (χ1v) is 7.05. The molecule has 0 spiro atoms. The quantitative estimate of drug-likeness (QED) is 0.719. The fraction of sp³-hybridized carbons (Fsp3) is 0.500. The summed E-state index contributed by atoms with van der Waals surface area (Å²) in [6.45, 7) is 6.21. The van der Waals surface area contributed by atoms with Gasteiger partial charge in [0.15, 0.2) is 0 Å². The molecule has 0 aliphatic rings. The Balaban J connectivity index is 2.90. The molecule has 1 rings (SSSR count). The van der Waals surface area contributed by atoms with Crippen molar-refractivity contribution in [3.63, 3.8) is 0 Å². The summed E-state index contributed by atoms with van der Waals surface area (Å²) >= 11 is 0. The molecule has 0 aliphatic heterocycles. The average molecular weight is 278 g/mol. The summed E-state index contributed by atoms with van der Waals surface area (Å²) in [5.74, 6) is -0.791. The smallest absolute Gasteiger partial charge is 0.338 e. The molecule has 0 radical (unpaired) electrons. The predicted molar refractivity (Wildman–Crippen MR) is 76.5 cm³/mol. The van der Waals surface area contributed by atoms with Crippen molar-refractivity contribution in [1.82, 2.24) is 0 Å². The zero-order chi connectivity index (χ0) is 15.0. The van der Waals surface area contributed by atoms with Crippen LogP contribution in [-0.4, -0.2) is 25.2 Å². The number of hydrogen-bond donors (Lipinski definition) is 0. The van der Waals surface area contributed by atoms with E-state index >= 15 is 0 Å². The lowest BCUT2D eigenvalue weighted by atomic mass is 9.94. The SMILES string of the molecule is CCOC(=O)c1ccccc1CC(CC)C(=O)OCC. The van der Waals surface area contributed by atoms with Crippen molar-refractivity contribution >= 4 is 11.9 Å². The molecule has 1 aromatic rings. The highest BCUT2D eigenvalue weighted by Gasteiger charge is 2.21. The Morgan fingerprint density at radius 3 is 2.30 bits per heavy atom. The number of carbonyl (C=O) groups is 2. The van der Waals surface area contributed by atoms with E-state index in [4.69, 9.17) is 9.47 Å². The third-order valence-electron chi connectivity index (χ3n) is 3.09. The molecular formula is C16H22O4. The fourth-order valence-electron chi connectivity index (χ4n) is 2.03. The van der Waals surface area contributed by atoms with Gasteiger partial charge >= 0.3 is 11.9 Å². The normalized spacial score (nSPS) is 11.8. The van der Waals surface area contributed by atoms with Gasteiger partial charge in [-0.25, -0.2) is 4.79 Å². The number of esters is 2. The first-order chi connectivity index (χ1) is 9.63. The summed E-state index contributed by atoms with van der Waals surface area (Å²) in [7, 11) is 0. The van der Waals surface area contributed by atoms with E-state index < -0.39 is 0 Å². The average Bonchev–Trinajstić information content (AvgIpc) is 2.45. The third kappa shape index (κ3) is 4.37. The molecule has 0 aromatic heterocycles. The van der Waals surface area contributed by atoms with Crippen molar-refractivity contribution in [2.75, 3.05) is 13.2 Å². The molecule has 4 nitrogen and oxygen atoms in total. The summed E-state index contributed by atoms with van der Waals surface area (Å²) in [5.41, 5.74) is 1.35. The molecule has 0 saturated carbocycles. The van der Waals surface area contributed by atoms with Gasteiger partial charge in [0.1, 0.15) is 0 Å². The van der Waals surface area contributed by atoms with Crippen LogP contribution in [-0.2, 0) is 20.7 Å². The van der Waals surface area contributed by atoms with E-state index in [1.807, 2.05) is 19.1 Å². The largest absolute Gasteiger partial charge is 0.466 e. The van der Waals surface area contributed by atoms with E-state index in [1.165, 1.54) is 0 Å². The van der Waals surface area contributed by atoms with Crippen LogP contribution in [0, 0.1) is 5.92 Å². The van der Waals surface area contributed by atoms with Gasteiger partial charge in [0, 0.05) is 0 Å². The maximum atomic E-state index is 11.9. The zero-order valence-corrected chi connectivity index (χ0v) is 12.3. The maximum absolute atomic E-state index is 11.9. The molecule has 4 heteroatoms. The van der Waals surface area contributed by atoms with Crippen molar-refractivity contribution in [3.8, 4) is 0 Å². The summed E-state index contributed by atoms with van der Waals surface area (Å²) in [4.78, 5) is 23.7. The van der Waals surface area contributed by atoms with Crippen LogP contribution in [0.4, 0.5) is 0 Å². The Hall–Kier alpha value is -1.84. The van der Waals surface area contributed by atoms with Gasteiger partial charge in [-0.1, -0.05) is 25.1 Å². The molecule has 0 bridgehead atoms. The van der Waals surface area contributed by atoms with Gasteiger partial charge < -0.3 is 9.47 Å². The van der Waals surface area contributed by atoms with Crippen LogP contribution in [0.2, 0.25) is 0 Å². The highest BCUT2D eigenvalue weighted by Crippen LogP contribution is 2.18. The first-order valence-electron chi connectivity index (χ1n) is 7.05. The number of carbonyl (C=O) groups excluding carboxylic acids is 2. The second-order valence-corrected chi connectivity index (χ2v) is 4.44. The predicted octanol–water partition coefficient (Wildman–Crippen LogP) is 3.00. The van der Waals surface area contributed by atoms with E-state index in [2.05, 4.69) is 0 Å². The van der Waals surface area contributed by atoms with Gasteiger partial charge in [0.05, 0.1) is 24.7 Å². The topological polar surface area (TPSA) is 52.6 Å². The van der Waals surface area contributed by atoms with E-state index in [9.17, 15) is 9.59 Å². The van der Waals surface area contributed by atoms with Gasteiger partial charge in [-0.05, 0) is 38.3 Å². The zero-order valence-electron chi connectivity index (χ0n) is 12.3. The number of ether oxygens (including phenoxy) is 2. The maximum Gasteiger partial charge on any atom is 0.338 e. The Bertz CT molecular complexity index is 454.